The van der Waals surface area contributed by atoms with E-state index >= 15 is 0 Å². The Morgan fingerprint density at radius 1 is 1.15 bits per heavy atom. The van der Waals surface area contributed by atoms with Crippen molar-refractivity contribution in [2.75, 3.05) is 24.6 Å². The number of ether oxygens (including phenoxy) is 1. The molecule has 1 fully saturated rings. The Kier molecular flexibility index (Phi) is 6.53. The first-order valence-electron chi connectivity index (χ1n) is 7.66. The number of hydrogen-bond donors (Lipinski definition) is 0. The summed E-state index contributed by atoms with van der Waals surface area (Å²) in [6.07, 6.45) is 0. The van der Waals surface area contributed by atoms with Gasteiger partial charge in [-0.05, 0) is 29.1 Å². The molecular formula is C16H15Cl2NO4S3. The summed E-state index contributed by atoms with van der Waals surface area (Å²) >= 11 is 14.6. The van der Waals surface area contributed by atoms with Gasteiger partial charge in [-0.25, -0.2) is 13.2 Å². The van der Waals surface area contributed by atoms with Gasteiger partial charge >= 0.3 is 5.97 Å². The van der Waals surface area contributed by atoms with E-state index in [1.165, 1.54) is 10.4 Å². The normalized spacial score (nSPS) is 15.8. The second-order valence-corrected chi connectivity index (χ2v) is 10.3. The number of thiophene rings is 1. The largest absolute Gasteiger partial charge is 0.457 e. The lowest BCUT2D eigenvalue weighted by Gasteiger charge is -2.25. The first kappa shape index (κ1) is 20.0. The number of esters is 1. The Balaban J connectivity index is 1.74. The summed E-state index contributed by atoms with van der Waals surface area (Å²) in [5.41, 5.74) is 0.668. The second-order valence-electron chi connectivity index (χ2n) is 5.46. The van der Waals surface area contributed by atoms with Gasteiger partial charge in [0.1, 0.15) is 16.4 Å². The lowest BCUT2D eigenvalue weighted by molar-refractivity contribution is 0.0474. The molecule has 0 unspecified atom stereocenters. The van der Waals surface area contributed by atoms with Crippen LogP contribution in [0.15, 0.2) is 34.5 Å². The number of halogens is 2. The van der Waals surface area contributed by atoms with Crippen molar-refractivity contribution in [2.45, 2.75) is 11.5 Å². The summed E-state index contributed by atoms with van der Waals surface area (Å²) in [7, 11) is -3.70. The zero-order chi connectivity index (χ0) is 18.7. The standard InChI is InChI=1S/C16H15Cl2NO4S3/c17-12-2-1-11(9-13(12)18)10-23-16(20)15-14(3-6-25-15)26(21,22)19-4-7-24-8-5-19/h1-3,6,9H,4-5,7-8,10H2. The summed E-state index contributed by atoms with van der Waals surface area (Å²) in [6.45, 7) is 0.870. The maximum atomic E-state index is 12.8. The Bertz CT molecular complexity index is 908. The second kappa shape index (κ2) is 8.50. The first-order valence-corrected chi connectivity index (χ1v) is 11.9. The monoisotopic (exact) mass is 451 g/mol. The number of carbonyl (C=O) groups excluding carboxylic acids is 1. The van der Waals surface area contributed by atoms with E-state index in [2.05, 4.69) is 0 Å². The fourth-order valence-corrected chi connectivity index (χ4v) is 6.60. The molecule has 0 bridgehead atoms. The molecule has 26 heavy (non-hydrogen) atoms. The molecule has 0 N–H and O–H groups in total. The Labute approximate surface area is 170 Å². The lowest BCUT2D eigenvalue weighted by Crippen LogP contribution is -2.38. The van der Waals surface area contributed by atoms with E-state index in [9.17, 15) is 13.2 Å². The molecule has 0 atom stereocenters. The smallest absolute Gasteiger partial charge is 0.350 e. The van der Waals surface area contributed by atoms with Crippen LogP contribution in [0.5, 0.6) is 0 Å². The minimum atomic E-state index is -3.70. The summed E-state index contributed by atoms with van der Waals surface area (Å²) in [5, 5.41) is 2.36. The van der Waals surface area contributed by atoms with Crippen molar-refractivity contribution in [3.05, 3.63) is 50.1 Å². The molecule has 0 spiro atoms. The van der Waals surface area contributed by atoms with Gasteiger partial charge in [0.2, 0.25) is 10.0 Å². The number of thioether (sulfide) groups is 1. The number of carbonyl (C=O) groups is 1. The van der Waals surface area contributed by atoms with Crippen molar-refractivity contribution in [3.8, 4) is 0 Å². The minimum Gasteiger partial charge on any atom is -0.457 e. The van der Waals surface area contributed by atoms with Crippen molar-refractivity contribution in [1.29, 1.82) is 0 Å². The summed E-state index contributed by atoms with van der Waals surface area (Å²) < 4.78 is 32.3. The van der Waals surface area contributed by atoms with E-state index in [1.807, 2.05) is 0 Å². The average molecular weight is 452 g/mol. The molecule has 0 saturated carbocycles. The summed E-state index contributed by atoms with van der Waals surface area (Å²) in [5.74, 6) is 0.831. The van der Waals surface area contributed by atoms with Crippen molar-refractivity contribution in [3.63, 3.8) is 0 Å². The SMILES string of the molecule is O=C(OCc1ccc(Cl)c(Cl)c1)c1sccc1S(=O)(=O)N1CCSCC1. The lowest BCUT2D eigenvalue weighted by atomic mass is 10.2. The van der Waals surface area contributed by atoms with Crippen molar-refractivity contribution >= 4 is 62.3 Å². The molecule has 140 valence electrons. The van der Waals surface area contributed by atoms with Crippen LogP contribution in [0, 0.1) is 0 Å². The highest BCUT2D eigenvalue weighted by molar-refractivity contribution is 7.99. The summed E-state index contributed by atoms with van der Waals surface area (Å²) in [4.78, 5) is 12.5. The molecule has 3 rings (SSSR count). The molecule has 1 aliphatic rings. The first-order chi connectivity index (χ1) is 12.4. The van der Waals surface area contributed by atoms with Crippen LogP contribution < -0.4 is 0 Å². The van der Waals surface area contributed by atoms with Gasteiger partial charge in [-0.1, -0.05) is 29.3 Å². The van der Waals surface area contributed by atoms with Crippen molar-refractivity contribution in [2.24, 2.45) is 0 Å². The predicted octanol–water partition coefficient (Wildman–Crippen LogP) is 4.15. The van der Waals surface area contributed by atoms with Crippen LogP contribution in [0.2, 0.25) is 10.0 Å². The number of sulfonamides is 1. The van der Waals surface area contributed by atoms with E-state index in [0.717, 1.165) is 22.8 Å². The quantitative estimate of drug-likeness (QED) is 0.638. The third-order valence-electron chi connectivity index (χ3n) is 3.76. The third-order valence-corrected chi connectivity index (χ3v) is 8.40. The number of benzene rings is 1. The zero-order valence-corrected chi connectivity index (χ0v) is 17.4. The molecule has 0 radical (unpaired) electrons. The van der Waals surface area contributed by atoms with Crippen LogP contribution in [-0.2, 0) is 21.4 Å². The zero-order valence-electron chi connectivity index (χ0n) is 13.5. The van der Waals surface area contributed by atoms with E-state index < -0.39 is 16.0 Å². The van der Waals surface area contributed by atoms with Crippen LogP contribution in [0.25, 0.3) is 0 Å². The summed E-state index contributed by atoms with van der Waals surface area (Å²) in [6, 6.07) is 6.37. The molecular weight excluding hydrogens is 437 g/mol. The highest BCUT2D eigenvalue weighted by atomic mass is 35.5. The highest BCUT2D eigenvalue weighted by Crippen LogP contribution is 2.28. The van der Waals surface area contributed by atoms with Gasteiger partial charge in [-0.3, -0.25) is 0 Å². The van der Waals surface area contributed by atoms with Crippen molar-refractivity contribution in [1.82, 2.24) is 4.31 Å². The fraction of sp³-hybridized carbons (Fsp3) is 0.312. The molecule has 1 aliphatic heterocycles. The molecule has 5 nitrogen and oxygen atoms in total. The van der Waals surface area contributed by atoms with E-state index in [0.29, 0.717) is 28.7 Å². The van der Waals surface area contributed by atoms with Gasteiger partial charge in [0.05, 0.1) is 10.0 Å². The molecule has 0 amide bonds. The maximum absolute atomic E-state index is 12.8. The van der Waals surface area contributed by atoms with E-state index in [4.69, 9.17) is 27.9 Å². The Morgan fingerprint density at radius 3 is 2.58 bits per heavy atom. The molecule has 1 aromatic heterocycles. The fourth-order valence-electron chi connectivity index (χ4n) is 2.42. The van der Waals surface area contributed by atoms with Crippen molar-refractivity contribution < 1.29 is 17.9 Å². The van der Waals surface area contributed by atoms with Gasteiger partial charge in [0.15, 0.2) is 0 Å². The number of hydrogen-bond acceptors (Lipinski definition) is 6. The average Bonchev–Trinajstić information content (AvgIpc) is 3.14. The van der Waals surface area contributed by atoms with Gasteiger partial charge < -0.3 is 4.74 Å². The Hall–Kier alpha value is -0.770. The van der Waals surface area contributed by atoms with E-state index in [-0.39, 0.29) is 16.4 Å². The Morgan fingerprint density at radius 2 is 1.88 bits per heavy atom. The van der Waals surface area contributed by atoms with Crippen LogP contribution in [0.4, 0.5) is 0 Å². The molecule has 1 saturated heterocycles. The van der Waals surface area contributed by atoms with Crippen LogP contribution in [-0.4, -0.2) is 43.3 Å². The van der Waals surface area contributed by atoms with E-state index in [1.54, 1.807) is 35.3 Å². The minimum absolute atomic E-state index is 0.00791. The number of nitrogens with zero attached hydrogens (tertiary/aromatic N) is 1. The third kappa shape index (κ3) is 4.37. The highest BCUT2D eigenvalue weighted by Gasteiger charge is 2.31. The molecule has 1 aromatic carbocycles. The van der Waals surface area contributed by atoms with Gasteiger partial charge in [-0.2, -0.15) is 16.1 Å². The van der Waals surface area contributed by atoms with Crippen LogP contribution in [0.1, 0.15) is 15.2 Å². The predicted molar refractivity (Wildman–Crippen MR) is 106 cm³/mol. The molecule has 0 aliphatic carbocycles. The maximum Gasteiger partial charge on any atom is 0.350 e. The van der Waals surface area contributed by atoms with Gasteiger partial charge in [-0.15, -0.1) is 11.3 Å². The van der Waals surface area contributed by atoms with Gasteiger partial charge in [0, 0.05) is 24.6 Å². The molecule has 10 heteroatoms. The number of rotatable bonds is 5. The molecule has 2 aromatic rings. The van der Waals surface area contributed by atoms with Crippen LogP contribution >= 0.6 is 46.3 Å². The van der Waals surface area contributed by atoms with Gasteiger partial charge in [0.25, 0.3) is 0 Å². The van der Waals surface area contributed by atoms with Crippen LogP contribution in [0.3, 0.4) is 0 Å². The topological polar surface area (TPSA) is 63.7 Å². The molecule has 2 heterocycles.